The summed E-state index contributed by atoms with van der Waals surface area (Å²) in [6, 6.07) is -0.544. The van der Waals surface area contributed by atoms with Gasteiger partial charge in [-0.15, -0.1) is 0 Å². The first-order valence-corrected chi connectivity index (χ1v) is 7.68. The van der Waals surface area contributed by atoms with Crippen molar-refractivity contribution >= 4 is 29.3 Å². The Balaban J connectivity index is 2.33. The molecule has 0 aromatic carbocycles. The SMILES string of the molecule is CCOC(=O)C(N)CCSCc1c(C)nn(C)c1Cl. The molecule has 19 heavy (non-hydrogen) atoms. The molecule has 1 rings (SSSR count). The van der Waals surface area contributed by atoms with Gasteiger partial charge in [0.2, 0.25) is 0 Å². The van der Waals surface area contributed by atoms with Crippen LogP contribution in [0.5, 0.6) is 0 Å². The molecule has 1 heterocycles. The van der Waals surface area contributed by atoms with E-state index in [-0.39, 0.29) is 5.97 Å². The molecular formula is C12H20ClN3O2S. The zero-order chi connectivity index (χ0) is 14.4. The number of halogens is 1. The molecule has 1 aromatic heterocycles. The molecule has 0 aliphatic rings. The molecule has 5 nitrogen and oxygen atoms in total. The van der Waals surface area contributed by atoms with Crippen LogP contribution in [0.2, 0.25) is 5.15 Å². The topological polar surface area (TPSA) is 70.1 Å². The van der Waals surface area contributed by atoms with Gasteiger partial charge in [-0.05, 0) is 26.0 Å². The highest BCUT2D eigenvalue weighted by atomic mass is 35.5. The molecule has 0 aliphatic carbocycles. The Kier molecular flexibility index (Phi) is 6.68. The van der Waals surface area contributed by atoms with Crippen LogP contribution >= 0.6 is 23.4 Å². The van der Waals surface area contributed by atoms with Crippen molar-refractivity contribution in [2.75, 3.05) is 12.4 Å². The van der Waals surface area contributed by atoms with E-state index in [1.54, 1.807) is 23.4 Å². The van der Waals surface area contributed by atoms with Gasteiger partial charge in [-0.2, -0.15) is 16.9 Å². The second-order valence-corrected chi connectivity index (χ2v) is 5.64. The first kappa shape index (κ1) is 16.3. The summed E-state index contributed by atoms with van der Waals surface area (Å²) < 4.78 is 6.52. The first-order valence-electron chi connectivity index (χ1n) is 6.15. The Labute approximate surface area is 122 Å². The zero-order valence-electron chi connectivity index (χ0n) is 11.5. The van der Waals surface area contributed by atoms with Crippen molar-refractivity contribution in [3.8, 4) is 0 Å². The molecule has 1 unspecified atom stereocenters. The maximum absolute atomic E-state index is 11.3. The second-order valence-electron chi connectivity index (χ2n) is 4.18. The Morgan fingerprint density at radius 2 is 2.32 bits per heavy atom. The van der Waals surface area contributed by atoms with Crippen LogP contribution in [0.4, 0.5) is 0 Å². The number of thioether (sulfide) groups is 1. The van der Waals surface area contributed by atoms with Crippen LogP contribution in [0, 0.1) is 6.92 Å². The Morgan fingerprint density at radius 3 is 2.84 bits per heavy atom. The summed E-state index contributed by atoms with van der Waals surface area (Å²) in [6.07, 6.45) is 0.598. The molecule has 108 valence electrons. The van der Waals surface area contributed by atoms with Crippen LogP contribution in [-0.2, 0) is 22.3 Å². The summed E-state index contributed by atoms with van der Waals surface area (Å²) in [5.74, 6) is 1.22. The fourth-order valence-electron chi connectivity index (χ4n) is 1.59. The maximum atomic E-state index is 11.3. The van der Waals surface area contributed by atoms with Gasteiger partial charge in [0.25, 0.3) is 0 Å². The molecule has 2 N–H and O–H groups in total. The Bertz CT molecular complexity index is 437. The molecule has 1 atom stereocenters. The van der Waals surface area contributed by atoms with E-state index in [0.717, 1.165) is 22.8 Å². The van der Waals surface area contributed by atoms with Gasteiger partial charge in [0.1, 0.15) is 11.2 Å². The monoisotopic (exact) mass is 305 g/mol. The molecule has 0 radical (unpaired) electrons. The number of ether oxygens (including phenoxy) is 1. The number of carbonyl (C=O) groups is 1. The largest absolute Gasteiger partial charge is 0.465 e. The number of hydrogen-bond donors (Lipinski definition) is 1. The number of nitrogens with zero attached hydrogens (tertiary/aromatic N) is 2. The van der Waals surface area contributed by atoms with E-state index in [1.807, 2.05) is 14.0 Å². The van der Waals surface area contributed by atoms with E-state index in [0.29, 0.717) is 18.2 Å². The average molecular weight is 306 g/mol. The van der Waals surface area contributed by atoms with Crippen molar-refractivity contribution in [3.63, 3.8) is 0 Å². The molecule has 0 spiro atoms. The quantitative estimate of drug-likeness (QED) is 0.615. The summed E-state index contributed by atoms with van der Waals surface area (Å²) in [5, 5.41) is 4.92. The van der Waals surface area contributed by atoms with Crippen LogP contribution in [0.25, 0.3) is 0 Å². The third-order valence-electron chi connectivity index (χ3n) is 2.68. The summed E-state index contributed by atoms with van der Waals surface area (Å²) >= 11 is 7.82. The van der Waals surface area contributed by atoms with Crippen LogP contribution in [0.15, 0.2) is 0 Å². The highest BCUT2D eigenvalue weighted by Crippen LogP contribution is 2.24. The number of aromatic nitrogens is 2. The van der Waals surface area contributed by atoms with Gasteiger partial charge in [0.05, 0.1) is 12.3 Å². The zero-order valence-corrected chi connectivity index (χ0v) is 13.1. The van der Waals surface area contributed by atoms with E-state index >= 15 is 0 Å². The summed E-state index contributed by atoms with van der Waals surface area (Å²) in [6.45, 7) is 4.07. The van der Waals surface area contributed by atoms with Gasteiger partial charge >= 0.3 is 5.97 Å². The minimum absolute atomic E-state index is 0.335. The lowest BCUT2D eigenvalue weighted by molar-refractivity contribution is -0.144. The van der Waals surface area contributed by atoms with Crippen molar-refractivity contribution in [2.45, 2.75) is 32.1 Å². The molecule has 0 saturated heterocycles. The van der Waals surface area contributed by atoms with E-state index in [2.05, 4.69) is 5.10 Å². The van der Waals surface area contributed by atoms with Crippen molar-refractivity contribution in [1.29, 1.82) is 0 Å². The lowest BCUT2D eigenvalue weighted by Crippen LogP contribution is -2.32. The van der Waals surface area contributed by atoms with Crippen LogP contribution in [0.1, 0.15) is 24.6 Å². The lowest BCUT2D eigenvalue weighted by atomic mass is 10.2. The molecule has 0 fully saturated rings. The van der Waals surface area contributed by atoms with Crippen LogP contribution in [0.3, 0.4) is 0 Å². The van der Waals surface area contributed by atoms with Gasteiger partial charge in [-0.3, -0.25) is 9.48 Å². The minimum Gasteiger partial charge on any atom is -0.465 e. The lowest BCUT2D eigenvalue weighted by Gasteiger charge is -2.09. The third-order valence-corrected chi connectivity index (χ3v) is 4.17. The Morgan fingerprint density at radius 1 is 1.63 bits per heavy atom. The number of rotatable bonds is 7. The van der Waals surface area contributed by atoms with E-state index in [9.17, 15) is 4.79 Å². The molecule has 7 heteroatoms. The second kappa shape index (κ2) is 7.77. The minimum atomic E-state index is -0.544. The molecule has 0 saturated carbocycles. The summed E-state index contributed by atoms with van der Waals surface area (Å²) in [5.41, 5.74) is 7.70. The van der Waals surface area contributed by atoms with E-state index in [1.165, 1.54) is 0 Å². The van der Waals surface area contributed by atoms with Crippen molar-refractivity contribution in [3.05, 3.63) is 16.4 Å². The highest BCUT2D eigenvalue weighted by Gasteiger charge is 2.15. The first-order chi connectivity index (χ1) is 8.97. The number of hydrogen-bond acceptors (Lipinski definition) is 5. The molecular weight excluding hydrogens is 286 g/mol. The van der Waals surface area contributed by atoms with Gasteiger partial charge in [-0.25, -0.2) is 0 Å². The van der Waals surface area contributed by atoms with E-state index < -0.39 is 6.04 Å². The number of aryl methyl sites for hydroxylation is 2. The summed E-state index contributed by atoms with van der Waals surface area (Å²) in [7, 11) is 1.82. The fraction of sp³-hybridized carbons (Fsp3) is 0.667. The molecule has 0 amide bonds. The number of carbonyl (C=O) groups excluding carboxylic acids is 1. The standard InChI is InChI=1S/C12H20ClN3O2S/c1-4-18-12(17)10(14)5-6-19-7-9-8(2)15-16(3)11(9)13/h10H,4-7,14H2,1-3H3. The summed E-state index contributed by atoms with van der Waals surface area (Å²) in [4.78, 5) is 11.3. The highest BCUT2D eigenvalue weighted by molar-refractivity contribution is 7.98. The normalized spacial score (nSPS) is 12.5. The maximum Gasteiger partial charge on any atom is 0.322 e. The number of esters is 1. The predicted molar refractivity (Wildman–Crippen MR) is 78.3 cm³/mol. The van der Waals surface area contributed by atoms with Crippen molar-refractivity contribution < 1.29 is 9.53 Å². The number of nitrogens with two attached hydrogens (primary N) is 1. The van der Waals surface area contributed by atoms with Crippen LogP contribution in [-0.4, -0.2) is 34.2 Å². The molecule has 0 bridgehead atoms. The predicted octanol–water partition coefficient (Wildman–Crippen LogP) is 1.90. The van der Waals surface area contributed by atoms with Gasteiger partial charge in [-0.1, -0.05) is 11.6 Å². The fourth-order valence-corrected chi connectivity index (χ4v) is 3.02. The van der Waals surface area contributed by atoms with Gasteiger partial charge in [0, 0.05) is 18.4 Å². The molecule has 1 aromatic rings. The Hall–Kier alpha value is -0.720. The average Bonchev–Trinajstić information content (AvgIpc) is 2.60. The van der Waals surface area contributed by atoms with Crippen molar-refractivity contribution in [2.24, 2.45) is 12.8 Å². The van der Waals surface area contributed by atoms with Crippen LogP contribution < -0.4 is 5.73 Å². The van der Waals surface area contributed by atoms with E-state index in [4.69, 9.17) is 22.1 Å². The van der Waals surface area contributed by atoms with Gasteiger partial charge < -0.3 is 10.5 Å². The third kappa shape index (κ3) is 4.71. The van der Waals surface area contributed by atoms with Crippen molar-refractivity contribution in [1.82, 2.24) is 9.78 Å². The van der Waals surface area contributed by atoms with Gasteiger partial charge in [0.15, 0.2) is 0 Å². The smallest absolute Gasteiger partial charge is 0.322 e. The molecule has 0 aliphatic heterocycles.